The molecule has 1 aromatic rings. The number of hydrogen-bond donors (Lipinski definition) is 0. The molecule has 4 heteroatoms. The quantitative estimate of drug-likeness (QED) is 0.795. The fourth-order valence-corrected chi connectivity index (χ4v) is 2.60. The van der Waals surface area contributed by atoms with Crippen molar-refractivity contribution < 1.29 is 9.53 Å². The van der Waals surface area contributed by atoms with Crippen LogP contribution in [0, 0.1) is 5.92 Å². The van der Waals surface area contributed by atoms with Gasteiger partial charge in [0.2, 0.25) is 0 Å². The number of nitrogens with zero attached hydrogens (tertiary/aromatic N) is 1. The van der Waals surface area contributed by atoms with E-state index in [1.54, 1.807) is 31.4 Å². The molecule has 0 saturated carbocycles. The third-order valence-corrected chi connectivity index (χ3v) is 4.06. The van der Waals surface area contributed by atoms with Crippen LogP contribution in [0.3, 0.4) is 0 Å². The van der Waals surface area contributed by atoms with Gasteiger partial charge in [-0.1, -0.05) is 18.5 Å². The highest BCUT2D eigenvalue weighted by Crippen LogP contribution is 2.20. The Balaban J connectivity index is 1.94. The molecule has 0 spiro atoms. The van der Waals surface area contributed by atoms with Crippen LogP contribution >= 0.6 is 11.6 Å². The monoisotopic (exact) mass is 281 g/mol. The summed E-state index contributed by atoms with van der Waals surface area (Å²) in [6.45, 7) is 4.44. The van der Waals surface area contributed by atoms with E-state index < -0.39 is 0 Å². The highest BCUT2D eigenvalue weighted by Gasteiger charge is 2.27. The second-order valence-electron chi connectivity index (χ2n) is 5.21. The Bertz CT molecular complexity index is 432. The van der Waals surface area contributed by atoms with Crippen molar-refractivity contribution in [2.75, 3.05) is 26.7 Å². The summed E-state index contributed by atoms with van der Waals surface area (Å²) in [5.74, 6) is 0.702. The molecule has 0 radical (unpaired) electrons. The SMILES string of the molecule is COC1CN(CC(=O)c2ccc(Cl)cc2)CCC1C. The predicted octanol–water partition coefficient (Wildman–Crippen LogP) is 2.88. The maximum atomic E-state index is 12.2. The molecule has 0 N–H and O–H groups in total. The van der Waals surface area contributed by atoms with Gasteiger partial charge in [0, 0.05) is 24.2 Å². The zero-order chi connectivity index (χ0) is 13.8. The lowest BCUT2D eigenvalue weighted by Crippen LogP contribution is -2.45. The summed E-state index contributed by atoms with van der Waals surface area (Å²) in [5.41, 5.74) is 0.719. The smallest absolute Gasteiger partial charge is 0.176 e. The van der Waals surface area contributed by atoms with Gasteiger partial charge >= 0.3 is 0 Å². The van der Waals surface area contributed by atoms with Crippen LogP contribution in [0.15, 0.2) is 24.3 Å². The standard InChI is InChI=1S/C15H20ClNO2/c1-11-7-8-17(10-15(11)19-2)9-14(18)12-3-5-13(16)6-4-12/h3-6,11,15H,7-10H2,1-2H3. The molecule has 19 heavy (non-hydrogen) atoms. The first-order valence-electron chi connectivity index (χ1n) is 6.64. The van der Waals surface area contributed by atoms with Gasteiger partial charge in [-0.2, -0.15) is 0 Å². The second-order valence-corrected chi connectivity index (χ2v) is 5.64. The number of halogens is 1. The Morgan fingerprint density at radius 3 is 2.74 bits per heavy atom. The lowest BCUT2D eigenvalue weighted by molar-refractivity contribution is -0.00324. The second kappa shape index (κ2) is 6.51. The zero-order valence-corrected chi connectivity index (χ0v) is 12.2. The lowest BCUT2D eigenvalue weighted by Gasteiger charge is -2.35. The van der Waals surface area contributed by atoms with Crippen LogP contribution in [0.25, 0.3) is 0 Å². The number of ether oxygens (including phenoxy) is 1. The van der Waals surface area contributed by atoms with Crippen LogP contribution in [0.1, 0.15) is 23.7 Å². The molecular weight excluding hydrogens is 262 g/mol. The summed E-state index contributed by atoms with van der Waals surface area (Å²) in [6, 6.07) is 7.08. The van der Waals surface area contributed by atoms with Gasteiger partial charge in [-0.3, -0.25) is 9.69 Å². The summed E-state index contributed by atoms with van der Waals surface area (Å²) in [6.07, 6.45) is 1.30. The van der Waals surface area contributed by atoms with Gasteiger partial charge in [0.25, 0.3) is 0 Å². The maximum Gasteiger partial charge on any atom is 0.176 e. The molecule has 0 aromatic heterocycles. The Morgan fingerprint density at radius 1 is 1.42 bits per heavy atom. The minimum Gasteiger partial charge on any atom is -0.380 e. The molecule has 2 atom stereocenters. The van der Waals surface area contributed by atoms with Crippen molar-refractivity contribution >= 4 is 17.4 Å². The number of hydrogen-bond acceptors (Lipinski definition) is 3. The van der Waals surface area contributed by atoms with Crippen molar-refractivity contribution in [3.05, 3.63) is 34.9 Å². The Hall–Kier alpha value is -0.900. The average molecular weight is 282 g/mol. The molecular formula is C15H20ClNO2. The van der Waals surface area contributed by atoms with E-state index in [9.17, 15) is 4.79 Å². The molecule has 0 amide bonds. The first kappa shape index (κ1) is 14.5. The molecule has 1 aliphatic heterocycles. The minimum atomic E-state index is 0.140. The van der Waals surface area contributed by atoms with E-state index in [0.717, 1.165) is 25.1 Å². The average Bonchev–Trinajstić information content (AvgIpc) is 2.41. The molecule has 2 rings (SSSR count). The van der Waals surface area contributed by atoms with Gasteiger partial charge in [-0.05, 0) is 43.1 Å². The van der Waals surface area contributed by atoms with Gasteiger partial charge in [0.15, 0.2) is 5.78 Å². The Morgan fingerprint density at radius 2 is 2.11 bits per heavy atom. The molecule has 0 bridgehead atoms. The number of piperidine rings is 1. The van der Waals surface area contributed by atoms with Crippen molar-refractivity contribution in [2.24, 2.45) is 5.92 Å². The van der Waals surface area contributed by atoms with Crippen molar-refractivity contribution in [3.63, 3.8) is 0 Å². The number of benzene rings is 1. The number of ketones is 1. The highest BCUT2D eigenvalue weighted by molar-refractivity contribution is 6.30. The summed E-state index contributed by atoms with van der Waals surface area (Å²) < 4.78 is 5.47. The van der Waals surface area contributed by atoms with Crippen LogP contribution in [0.2, 0.25) is 5.02 Å². The summed E-state index contributed by atoms with van der Waals surface area (Å²) in [5, 5.41) is 0.655. The lowest BCUT2D eigenvalue weighted by atomic mass is 9.95. The predicted molar refractivity (Wildman–Crippen MR) is 76.8 cm³/mol. The van der Waals surface area contributed by atoms with Crippen LogP contribution in [-0.2, 0) is 4.74 Å². The molecule has 0 aliphatic carbocycles. The van der Waals surface area contributed by atoms with E-state index in [1.165, 1.54) is 0 Å². The summed E-state index contributed by atoms with van der Waals surface area (Å²) >= 11 is 5.82. The first-order chi connectivity index (χ1) is 9.10. The van der Waals surface area contributed by atoms with Crippen LogP contribution in [-0.4, -0.2) is 43.5 Å². The van der Waals surface area contributed by atoms with Gasteiger partial charge < -0.3 is 4.74 Å². The largest absolute Gasteiger partial charge is 0.380 e. The fraction of sp³-hybridized carbons (Fsp3) is 0.533. The van der Waals surface area contributed by atoms with E-state index in [0.29, 0.717) is 17.5 Å². The van der Waals surface area contributed by atoms with Crippen LogP contribution in [0.5, 0.6) is 0 Å². The molecule has 1 fully saturated rings. The topological polar surface area (TPSA) is 29.5 Å². The van der Waals surface area contributed by atoms with Crippen molar-refractivity contribution in [3.8, 4) is 0 Å². The molecule has 1 aromatic carbocycles. The van der Waals surface area contributed by atoms with E-state index in [1.807, 2.05) is 0 Å². The Labute approximate surface area is 119 Å². The van der Waals surface area contributed by atoms with Crippen molar-refractivity contribution in [2.45, 2.75) is 19.4 Å². The fourth-order valence-electron chi connectivity index (χ4n) is 2.48. The first-order valence-corrected chi connectivity index (χ1v) is 7.02. The third kappa shape index (κ3) is 3.78. The zero-order valence-electron chi connectivity index (χ0n) is 11.4. The molecule has 1 heterocycles. The maximum absolute atomic E-state index is 12.2. The van der Waals surface area contributed by atoms with Gasteiger partial charge in [0.1, 0.15) is 0 Å². The molecule has 1 aliphatic rings. The molecule has 2 unspecified atom stereocenters. The van der Waals surface area contributed by atoms with Crippen molar-refractivity contribution in [1.82, 2.24) is 4.90 Å². The molecule has 1 saturated heterocycles. The molecule has 104 valence electrons. The molecule has 3 nitrogen and oxygen atoms in total. The number of carbonyl (C=O) groups excluding carboxylic acids is 1. The number of Topliss-reactive ketones (excluding diaryl/α,β-unsaturated/α-hetero) is 1. The van der Waals surface area contributed by atoms with Gasteiger partial charge in [-0.25, -0.2) is 0 Å². The number of methoxy groups -OCH3 is 1. The van der Waals surface area contributed by atoms with E-state index in [2.05, 4.69) is 11.8 Å². The van der Waals surface area contributed by atoms with Crippen LogP contribution in [0.4, 0.5) is 0 Å². The number of likely N-dealkylation sites (tertiary alicyclic amines) is 1. The highest BCUT2D eigenvalue weighted by atomic mass is 35.5. The third-order valence-electron chi connectivity index (χ3n) is 3.81. The number of carbonyl (C=O) groups is 1. The van der Waals surface area contributed by atoms with E-state index in [4.69, 9.17) is 16.3 Å². The number of rotatable bonds is 4. The van der Waals surface area contributed by atoms with Gasteiger partial charge in [0.05, 0.1) is 12.6 Å². The summed E-state index contributed by atoms with van der Waals surface area (Å²) in [7, 11) is 1.74. The van der Waals surface area contributed by atoms with Gasteiger partial charge in [-0.15, -0.1) is 0 Å². The van der Waals surface area contributed by atoms with E-state index in [-0.39, 0.29) is 11.9 Å². The van der Waals surface area contributed by atoms with E-state index >= 15 is 0 Å². The Kier molecular flexibility index (Phi) is 4.97. The minimum absolute atomic E-state index is 0.140. The summed E-state index contributed by atoms with van der Waals surface area (Å²) in [4.78, 5) is 14.3. The van der Waals surface area contributed by atoms with Crippen LogP contribution < -0.4 is 0 Å². The normalized spacial score (nSPS) is 24.4. The van der Waals surface area contributed by atoms with Crippen molar-refractivity contribution in [1.29, 1.82) is 0 Å².